The van der Waals surface area contributed by atoms with E-state index in [1.807, 2.05) is 30.3 Å². The molecule has 0 aliphatic carbocycles. The van der Waals surface area contributed by atoms with Crippen molar-refractivity contribution in [2.24, 2.45) is 0 Å². The molecule has 2 rings (SSSR count). The van der Waals surface area contributed by atoms with Crippen molar-refractivity contribution in [3.63, 3.8) is 0 Å². The van der Waals surface area contributed by atoms with Gasteiger partial charge in [-0.1, -0.05) is 30.3 Å². The predicted octanol–water partition coefficient (Wildman–Crippen LogP) is 1.27. The second kappa shape index (κ2) is 4.53. The number of aliphatic hydroxyl groups is 1. The molecule has 1 heterocycles. The lowest BCUT2D eigenvalue weighted by molar-refractivity contribution is -0.160. The monoisotopic (exact) mass is 221 g/mol. The van der Waals surface area contributed by atoms with E-state index in [-0.39, 0.29) is 6.04 Å². The normalized spacial score (nSPS) is 32.3. The molecule has 3 heteroatoms. The Morgan fingerprint density at radius 2 is 2.12 bits per heavy atom. The van der Waals surface area contributed by atoms with Crippen molar-refractivity contribution in [3.8, 4) is 0 Å². The fourth-order valence-corrected chi connectivity index (χ4v) is 2.53. The highest BCUT2D eigenvalue weighted by molar-refractivity contribution is 5.26. The second-order valence-electron chi connectivity index (χ2n) is 4.36. The molecule has 0 aromatic heterocycles. The predicted molar refractivity (Wildman–Crippen MR) is 63.2 cm³/mol. The zero-order valence-corrected chi connectivity index (χ0v) is 9.81. The Bertz CT molecular complexity index is 339. The first-order chi connectivity index (χ1) is 7.68. The molecule has 1 aromatic carbocycles. The lowest BCUT2D eigenvalue weighted by Crippen LogP contribution is -2.59. The van der Waals surface area contributed by atoms with Crippen molar-refractivity contribution < 1.29 is 9.84 Å². The summed E-state index contributed by atoms with van der Waals surface area (Å²) in [6.07, 6.45) is -0.544. The van der Waals surface area contributed by atoms with E-state index in [4.69, 9.17) is 4.74 Å². The maximum Gasteiger partial charge on any atom is 0.134 e. The number of hydrogen-bond acceptors (Lipinski definition) is 3. The number of rotatable bonds is 2. The van der Waals surface area contributed by atoms with Crippen LogP contribution < -0.4 is 5.32 Å². The van der Waals surface area contributed by atoms with Gasteiger partial charge in [-0.15, -0.1) is 0 Å². The maximum atomic E-state index is 10.1. The molecule has 1 fully saturated rings. The summed E-state index contributed by atoms with van der Waals surface area (Å²) in [6, 6.07) is 10.0. The standard InChI is InChI=1S/C13H19NO2/c1-10-13(11(2)15,16-9-8-14-10)12-6-4-3-5-7-12/h3-7,10-11,14-15H,8-9H2,1-2H3/t10?,11-,13?/m1/s1. The first kappa shape index (κ1) is 11.6. The van der Waals surface area contributed by atoms with Crippen LogP contribution >= 0.6 is 0 Å². The number of aliphatic hydroxyl groups excluding tert-OH is 1. The van der Waals surface area contributed by atoms with Crippen LogP contribution in [0.5, 0.6) is 0 Å². The van der Waals surface area contributed by atoms with E-state index < -0.39 is 11.7 Å². The van der Waals surface area contributed by atoms with Gasteiger partial charge >= 0.3 is 0 Å². The van der Waals surface area contributed by atoms with Gasteiger partial charge in [-0.25, -0.2) is 0 Å². The minimum Gasteiger partial charge on any atom is -0.390 e. The van der Waals surface area contributed by atoms with Crippen LogP contribution in [0.25, 0.3) is 0 Å². The van der Waals surface area contributed by atoms with Gasteiger partial charge in [-0.2, -0.15) is 0 Å². The van der Waals surface area contributed by atoms with Crippen LogP contribution in [-0.2, 0) is 10.3 Å². The van der Waals surface area contributed by atoms with Gasteiger partial charge in [0.25, 0.3) is 0 Å². The fraction of sp³-hybridized carbons (Fsp3) is 0.538. The lowest BCUT2D eigenvalue weighted by Gasteiger charge is -2.45. The van der Waals surface area contributed by atoms with E-state index in [2.05, 4.69) is 12.2 Å². The largest absolute Gasteiger partial charge is 0.390 e. The molecule has 1 aliphatic rings. The quantitative estimate of drug-likeness (QED) is 0.790. The van der Waals surface area contributed by atoms with Gasteiger partial charge in [0.15, 0.2) is 0 Å². The van der Waals surface area contributed by atoms with Crippen molar-refractivity contribution in [1.82, 2.24) is 5.32 Å². The number of morpholine rings is 1. The molecule has 2 N–H and O–H groups in total. The molecule has 0 amide bonds. The molecular formula is C13H19NO2. The van der Waals surface area contributed by atoms with Crippen molar-refractivity contribution in [3.05, 3.63) is 35.9 Å². The summed E-state index contributed by atoms with van der Waals surface area (Å²) in [6.45, 7) is 5.31. The van der Waals surface area contributed by atoms with Crippen LogP contribution in [0.2, 0.25) is 0 Å². The molecular weight excluding hydrogens is 202 g/mol. The Balaban J connectivity index is 2.42. The molecule has 1 aromatic rings. The topological polar surface area (TPSA) is 41.5 Å². The Hall–Kier alpha value is -0.900. The molecule has 1 saturated heterocycles. The minimum atomic E-state index is -0.625. The Labute approximate surface area is 96.4 Å². The first-order valence-corrected chi connectivity index (χ1v) is 5.79. The number of nitrogens with one attached hydrogen (secondary N) is 1. The third-order valence-electron chi connectivity index (χ3n) is 3.38. The van der Waals surface area contributed by atoms with Crippen LogP contribution in [0.3, 0.4) is 0 Å². The molecule has 0 saturated carbocycles. The zero-order chi connectivity index (χ0) is 11.6. The van der Waals surface area contributed by atoms with Gasteiger partial charge in [0.1, 0.15) is 5.60 Å². The number of benzene rings is 1. The Kier molecular flexibility index (Phi) is 3.28. The third kappa shape index (κ3) is 1.75. The third-order valence-corrected chi connectivity index (χ3v) is 3.38. The number of ether oxygens (including phenoxy) is 1. The number of hydrogen-bond donors (Lipinski definition) is 2. The summed E-state index contributed by atoms with van der Waals surface area (Å²) in [5.74, 6) is 0. The summed E-state index contributed by atoms with van der Waals surface area (Å²) in [5, 5.41) is 13.5. The maximum absolute atomic E-state index is 10.1. The van der Waals surface area contributed by atoms with Crippen molar-refractivity contribution in [1.29, 1.82) is 0 Å². The highest BCUT2D eigenvalue weighted by atomic mass is 16.5. The molecule has 3 atom stereocenters. The van der Waals surface area contributed by atoms with E-state index in [1.54, 1.807) is 6.92 Å². The molecule has 0 radical (unpaired) electrons. The summed E-state index contributed by atoms with van der Waals surface area (Å²) < 4.78 is 5.91. The molecule has 0 bridgehead atoms. The van der Waals surface area contributed by atoms with E-state index in [1.165, 1.54) is 0 Å². The fourth-order valence-electron chi connectivity index (χ4n) is 2.53. The van der Waals surface area contributed by atoms with Crippen LogP contribution in [-0.4, -0.2) is 30.4 Å². The molecule has 0 spiro atoms. The van der Waals surface area contributed by atoms with Gasteiger partial charge in [0.2, 0.25) is 0 Å². The van der Waals surface area contributed by atoms with E-state index >= 15 is 0 Å². The van der Waals surface area contributed by atoms with Gasteiger partial charge < -0.3 is 15.2 Å². The average molecular weight is 221 g/mol. The summed E-state index contributed by atoms with van der Waals surface area (Å²) in [4.78, 5) is 0. The summed E-state index contributed by atoms with van der Waals surface area (Å²) in [7, 11) is 0. The van der Waals surface area contributed by atoms with Crippen LogP contribution in [0.4, 0.5) is 0 Å². The summed E-state index contributed by atoms with van der Waals surface area (Å²) >= 11 is 0. The highest BCUT2D eigenvalue weighted by Crippen LogP contribution is 2.35. The SMILES string of the molecule is CC1NCCOC1(c1ccccc1)[C@@H](C)O. The van der Waals surface area contributed by atoms with Crippen LogP contribution in [0.15, 0.2) is 30.3 Å². The molecule has 16 heavy (non-hydrogen) atoms. The lowest BCUT2D eigenvalue weighted by atomic mass is 9.81. The van der Waals surface area contributed by atoms with Crippen LogP contribution in [0.1, 0.15) is 19.4 Å². The highest BCUT2D eigenvalue weighted by Gasteiger charge is 2.45. The average Bonchev–Trinajstić information content (AvgIpc) is 2.30. The smallest absolute Gasteiger partial charge is 0.134 e. The van der Waals surface area contributed by atoms with Crippen molar-refractivity contribution >= 4 is 0 Å². The van der Waals surface area contributed by atoms with E-state index in [0.29, 0.717) is 6.61 Å². The van der Waals surface area contributed by atoms with E-state index in [9.17, 15) is 5.11 Å². The minimum absolute atomic E-state index is 0.101. The van der Waals surface area contributed by atoms with Gasteiger partial charge in [0, 0.05) is 12.6 Å². The van der Waals surface area contributed by atoms with Gasteiger partial charge in [-0.05, 0) is 19.4 Å². The summed E-state index contributed by atoms with van der Waals surface area (Å²) in [5.41, 5.74) is 0.407. The van der Waals surface area contributed by atoms with E-state index in [0.717, 1.165) is 12.1 Å². The zero-order valence-electron chi connectivity index (χ0n) is 9.81. The van der Waals surface area contributed by atoms with Crippen LogP contribution in [0, 0.1) is 0 Å². The van der Waals surface area contributed by atoms with Gasteiger partial charge in [-0.3, -0.25) is 0 Å². The second-order valence-corrected chi connectivity index (χ2v) is 4.36. The Morgan fingerprint density at radius 1 is 1.44 bits per heavy atom. The molecule has 3 nitrogen and oxygen atoms in total. The molecule has 88 valence electrons. The van der Waals surface area contributed by atoms with Crippen molar-refractivity contribution in [2.75, 3.05) is 13.2 Å². The molecule has 2 unspecified atom stereocenters. The van der Waals surface area contributed by atoms with Gasteiger partial charge in [0.05, 0.1) is 12.7 Å². The molecule has 1 aliphatic heterocycles. The van der Waals surface area contributed by atoms with Crippen molar-refractivity contribution in [2.45, 2.75) is 31.6 Å². The Morgan fingerprint density at radius 3 is 2.69 bits per heavy atom. The first-order valence-electron chi connectivity index (χ1n) is 5.79.